The maximum Gasteiger partial charge on any atom is 0.412 e. The number of aliphatic hydroxyl groups is 1. The van der Waals surface area contributed by atoms with Crippen molar-refractivity contribution in [1.82, 2.24) is 35.1 Å². The third-order valence-corrected chi connectivity index (χ3v) is 14.9. The molecule has 1 unspecified atom stereocenters. The molecule has 19 heteroatoms. The standard InChI is InChI=1S/C18H30N4OS.C18H35NO3S.C12H23NO3.C7H7N3.CH3Cl/c1-2-3-4-5-6-9-24-12-15(11-23)20-10-14-7-8-16-17(14)21-13-22-18(16)19;1-7-8-9-10-11-12-23-14-15-13-21-18(5,6)19(15)16(20)22-17(2,3)4;1-7-9-8-15-12(5,6)13(9)10(14)16-11(2,3)4;8-7-5-2-1-3-6(5)9-4-10-7;1-2/h7,13,15,20,23H,2-6,8-12H2,1H3,(H2,19,21,22);15H,7-14H2,1-6H3;9H,7-8H2,1-6H3;1,3-4H,2H2,(H2,8,9,10);1H3/t2*15-;;;/m11.../s1. The molecule has 4 aliphatic rings. The van der Waals surface area contributed by atoms with Gasteiger partial charge in [0.1, 0.15) is 46.9 Å². The van der Waals surface area contributed by atoms with E-state index in [2.05, 4.69) is 56.8 Å². The fourth-order valence-corrected chi connectivity index (χ4v) is 10.7. The molecular weight excluding hydrogens is 1010 g/mol. The lowest BCUT2D eigenvalue weighted by atomic mass is 10.2. The van der Waals surface area contributed by atoms with Crippen LogP contribution in [0.3, 0.4) is 0 Å². The average Bonchev–Trinajstić information content (AvgIpc) is 4.14. The van der Waals surface area contributed by atoms with Gasteiger partial charge >= 0.3 is 12.2 Å². The smallest absolute Gasteiger partial charge is 0.412 e. The zero-order valence-corrected chi connectivity index (χ0v) is 50.8. The Balaban J connectivity index is 0.000000351. The summed E-state index contributed by atoms with van der Waals surface area (Å²) in [6, 6.07) is 0.333. The van der Waals surface area contributed by atoms with Crippen molar-refractivity contribution in [3.8, 4) is 0 Å². The molecule has 2 amide bonds. The second kappa shape index (κ2) is 34.5. The number of allylic oxidation sites excluding steroid dienone is 2. The van der Waals surface area contributed by atoms with E-state index in [-0.39, 0.29) is 36.9 Å². The van der Waals surface area contributed by atoms with Crippen molar-refractivity contribution in [2.75, 3.05) is 67.2 Å². The van der Waals surface area contributed by atoms with Crippen molar-refractivity contribution in [1.29, 1.82) is 0 Å². The van der Waals surface area contributed by atoms with Crippen molar-refractivity contribution in [3.63, 3.8) is 0 Å². The highest BCUT2D eigenvalue weighted by atomic mass is 35.5. The van der Waals surface area contributed by atoms with Gasteiger partial charge in [-0.3, -0.25) is 9.80 Å². The number of thioether (sulfide) groups is 2. The molecule has 0 aromatic carbocycles. The van der Waals surface area contributed by atoms with E-state index in [4.69, 9.17) is 30.4 Å². The molecule has 2 aliphatic heterocycles. The van der Waals surface area contributed by atoms with E-state index in [0.717, 1.165) is 64.6 Å². The molecule has 3 atom stereocenters. The van der Waals surface area contributed by atoms with Crippen LogP contribution < -0.4 is 16.8 Å². The normalized spacial score (nSPS) is 18.2. The van der Waals surface area contributed by atoms with Gasteiger partial charge in [-0.2, -0.15) is 23.5 Å². The number of nitrogens with zero attached hydrogens (tertiary/aromatic N) is 6. The molecule has 75 heavy (non-hydrogen) atoms. The second-order valence-corrected chi connectivity index (χ2v) is 24.2. The Labute approximate surface area is 465 Å². The molecule has 2 saturated heterocycles. The van der Waals surface area contributed by atoms with Crippen LogP contribution in [0.15, 0.2) is 24.8 Å². The van der Waals surface area contributed by atoms with Crippen LogP contribution in [0.25, 0.3) is 11.6 Å². The van der Waals surface area contributed by atoms with Gasteiger partial charge < -0.3 is 40.8 Å². The van der Waals surface area contributed by atoms with Gasteiger partial charge in [-0.25, -0.2) is 29.5 Å². The fraction of sp³-hybridized carbons (Fsp3) is 0.750. The first-order valence-corrected chi connectivity index (χ1v) is 30.3. The molecule has 16 nitrogen and oxygen atoms in total. The highest BCUT2D eigenvalue weighted by molar-refractivity contribution is 7.99. The number of amides is 2. The number of carbonyl (C=O) groups excluding carboxylic acids is 2. The number of hydrogen-bond donors (Lipinski definition) is 4. The molecule has 2 aliphatic carbocycles. The molecule has 2 aromatic rings. The van der Waals surface area contributed by atoms with Gasteiger partial charge in [0.05, 0.1) is 43.3 Å². The first-order chi connectivity index (χ1) is 35.5. The van der Waals surface area contributed by atoms with Gasteiger partial charge in [0, 0.05) is 41.6 Å². The maximum absolute atomic E-state index is 12.5. The summed E-state index contributed by atoms with van der Waals surface area (Å²) >= 11 is 8.48. The minimum atomic E-state index is -0.589. The summed E-state index contributed by atoms with van der Waals surface area (Å²) in [5, 5.41) is 13.0. The number of halogens is 1. The van der Waals surface area contributed by atoms with Gasteiger partial charge in [0.25, 0.3) is 0 Å². The first-order valence-electron chi connectivity index (χ1n) is 27.2. The number of nitrogens with one attached hydrogen (secondary N) is 1. The van der Waals surface area contributed by atoms with E-state index in [0.29, 0.717) is 31.4 Å². The molecule has 2 aromatic heterocycles. The van der Waals surface area contributed by atoms with Gasteiger partial charge in [-0.05, 0) is 124 Å². The predicted molar refractivity (Wildman–Crippen MR) is 314 cm³/mol. The maximum atomic E-state index is 12.5. The van der Waals surface area contributed by atoms with Gasteiger partial charge in [0.2, 0.25) is 0 Å². The van der Waals surface area contributed by atoms with Crippen LogP contribution in [0.2, 0.25) is 0 Å². The lowest BCUT2D eigenvalue weighted by Gasteiger charge is -2.35. The number of rotatable bonds is 21. The summed E-state index contributed by atoms with van der Waals surface area (Å²) in [7, 11) is 0. The number of carbonyl (C=O) groups is 2. The highest BCUT2D eigenvalue weighted by Gasteiger charge is 2.46. The predicted octanol–water partition coefficient (Wildman–Crippen LogP) is 12.0. The Bertz CT molecular complexity index is 2030. The number of nitrogens with two attached hydrogens (primary N) is 2. The Kier molecular flexibility index (Phi) is 31.1. The largest absolute Gasteiger partial charge is 0.444 e. The average molecular weight is 1110 g/mol. The molecule has 0 radical (unpaired) electrons. The molecule has 0 bridgehead atoms. The zero-order chi connectivity index (χ0) is 56.2. The van der Waals surface area contributed by atoms with Crippen LogP contribution in [0, 0.1) is 0 Å². The summed E-state index contributed by atoms with van der Waals surface area (Å²) in [6.07, 6.45) is 25.7. The van der Waals surface area contributed by atoms with Crippen molar-refractivity contribution in [3.05, 3.63) is 47.3 Å². The van der Waals surface area contributed by atoms with Crippen molar-refractivity contribution < 1.29 is 33.6 Å². The number of anilines is 2. The quantitative estimate of drug-likeness (QED) is 0.0676. The van der Waals surface area contributed by atoms with Crippen LogP contribution in [0.4, 0.5) is 21.2 Å². The number of aliphatic hydroxyl groups excluding tert-OH is 1. The zero-order valence-electron chi connectivity index (χ0n) is 48.4. The number of nitrogen functional groups attached to an aromatic ring is 2. The molecular formula is C56H98ClN9O7S2. The summed E-state index contributed by atoms with van der Waals surface area (Å²) in [6.45, 7) is 27.6. The Morgan fingerprint density at radius 1 is 0.760 bits per heavy atom. The minimum absolute atomic E-state index is 0.0977. The molecule has 6 rings (SSSR count). The van der Waals surface area contributed by atoms with Crippen LogP contribution in [-0.4, -0.2) is 144 Å². The van der Waals surface area contributed by atoms with Crippen molar-refractivity contribution >= 4 is 70.6 Å². The van der Waals surface area contributed by atoms with Crippen molar-refractivity contribution in [2.45, 2.75) is 214 Å². The monoisotopic (exact) mass is 1110 g/mol. The molecule has 428 valence electrons. The third kappa shape index (κ3) is 24.4. The Hall–Kier alpha value is -3.39. The summed E-state index contributed by atoms with van der Waals surface area (Å²) in [4.78, 5) is 44.4. The molecule has 6 N–H and O–H groups in total. The minimum Gasteiger partial charge on any atom is -0.444 e. The van der Waals surface area contributed by atoms with Gasteiger partial charge in [0.15, 0.2) is 0 Å². The summed E-state index contributed by atoms with van der Waals surface area (Å²) in [5.41, 5.74) is 14.5. The Morgan fingerprint density at radius 3 is 1.79 bits per heavy atom. The first kappa shape index (κ1) is 67.7. The summed E-state index contributed by atoms with van der Waals surface area (Å²) < 4.78 is 22.4. The van der Waals surface area contributed by atoms with Gasteiger partial charge in [-0.15, -0.1) is 11.6 Å². The number of ether oxygens (including phenoxy) is 4. The number of fused-ring (bicyclic) bond motifs is 2. The SMILES string of the molecule is CCC1COC(C)(C)N1C(=O)OC(C)(C)C.CCCCCCCSC[C@@H](CO)NCC1=CCc2c(N)ncnc21.CCCCCCCSC[C@H]1COC(C)(C)N1C(=O)OC(C)(C)C.CCl.Nc1ncnc2c1CC=C2. The number of hydrogen-bond acceptors (Lipinski definition) is 16. The van der Waals surface area contributed by atoms with Crippen LogP contribution >= 0.6 is 35.1 Å². The molecule has 4 heterocycles. The lowest BCUT2D eigenvalue weighted by Crippen LogP contribution is -2.50. The van der Waals surface area contributed by atoms with E-state index in [1.54, 1.807) is 9.80 Å². The van der Waals surface area contributed by atoms with E-state index in [9.17, 15) is 14.7 Å². The van der Waals surface area contributed by atoms with E-state index in [1.807, 2.05) is 112 Å². The highest BCUT2D eigenvalue weighted by Crippen LogP contribution is 2.33. The second-order valence-electron chi connectivity index (χ2n) is 21.9. The van der Waals surface area contributed by atoms with Crippen LogP contribution in [0.5, 0.6) is 0 Å². The molecule has 0 spiro atoms. The topological polar surface area (TPSA) is 213 Å². The number of unbranched alkanes of at least 4 members (excludes halogenated alkanes) is 8. The number of aromatic nitrogens is 4. The van der Waals surface area contributed by atoms with Crippen molar-refractivity contribution in [2.24, 2.45) is 0 Å². The fourth-order valence-electron chi connectivity index (χ4n) is 8.50. The van der Waals surface area contributed by atoms with E-state index >= 15 is 0 Å². The van der Waals surface area contributed by atoms with E-state index < -0.39 is 22.7 Å². The number of alkyl halides is 1. The van der Waals surface area contributed by atoms with Crippen LogP contribution in [0.1, 0.15) is 183 Å². The van der Waals surface area contributed by atoms with E-state index in [1.165, 1.54) is 89.0 Å². The molecule has 2 fully saturated rings. The molecule has 0 saturated carbocycles. The third-order valence-electron chi connectivity index (χ3n) is 12.5. The Morgan fingerprint density at radius 2 is 1.27 bits per heavy atom. The van der Waals surface area contributed by atoms with Crippen LogP contribution in [-0.2, 0) is 31.8 Å². The lowest BCUT2D eigenvalue weighted by molar-refractivity contribution is -0.0633. The van der Waals surface area contributed by atoms with Gasteiger partial charge in [-0.1, -0.05) is 84.3 Å². The summed E-state index contributed by atoms with van der Waals surface area (Å²) in [5.74, 6) is 5.37.